The Labute approximate surface area is 129 Å². The maximum atomic E-state index is 11.7. The molecule has 0 aliphatic rings. The molecule has 0 spiro atoms. The average molecular weight is 320 g/mol. The lowest BCUT2D eigenvalue weighted by Gasteiger charge is -2.07. The monoisotopic (exact) mass is 320 g/mol. The molecule has 0 heterocycles. The quantitative estimate of drug-likeness (QED) is 0.885. The summed E-state index contributed by atoms with van der Waals surface area (Å²) in [6, 6.07) is 15.5. The van der Waals surface area contributed by atoms with E-state index >= 15 is 0 Å². The number of para-hydroxylation sites is 1. The van der Waals surface area contributed by atoms with Gasteiger partial charge in [-0.1, -0.05) is 30.3 Å². The fourth-order valence-corrected chi connectivity index (χ4v) is 2.09. The predicted molar refractivity (Wildman–Crippen MR) is 84.2 cm³/mol. The SMILES string of the molecule is CS(=O)(=O)NCc1ccc(NC(=O)Oc2ccccc2)cc1. The lowest BCUT2D eigenvalue weighted by molar-refractivity contribution is 0.215. The van der Waals surface area contributed by atoms with Gasteiger partial charge >= 0.3 is 6.09 Å². The highest BCUT2D eigenvalue weighted by atomic mass is 32.2. The molecule has 2 rings (SSSR count). The lowest BCUT2D eigenvalue weighted by atomic mass is 10.2. The minimum atomic E-state index is -3.23. The lowest BCUT2D eigenvalue weighted by Crippen LogP contribution is -2.21. The van der Waals surface area contributed by atoms with Gasteiger partial charge in [-0.3, -0.25) is 5.32 Å². The van der Waals surface area contributed by atoms with Crippen molar-refractivity contribution >= 4 is 21.8 Å². The summed E-state index contributed by atoms with van der Waals surface area (Å²) in [5.74, 6) is 0.453. The molecule has 0 unspecified atom stereocenters. The van der Waals surface area contributed by atoms with Crippen molar-refractivity contribution in [2.45, 2.75) is 6.54 Å². The molecule has 0 bridgehead atoms. The minimum absolute atomic E-state index is 0.202. The van der Waals surface area contributed by atoms with Crippen LogP contribution in [-0.2, 0) is 16.6 Å². The molecule has 6 nitrogen and oxygen atoms in total. The van der Waals surface area contributed by atoms with Crippen LogP contribution in [0, 0.1) is 0 Å². The number of amides is 1. The largest absolute Gasteiger partial charge is 0.417 e. The van der Waals surface area contributed by atoms with Gasteiger partial charge < -0.3 is 4.74 Å². The Balaban J connectivity index is 1.89. The van der Waals surface area contributed by atoms with Crippen LogP contribution in [-0.4, -0.2) is 20.8 Å². The van der Waals surface area contributed by atoms with Gasteiger partial charge in [-0.15, -0.1) is 0 Å². The predicted octanol–water partition coefficient (Wildman–Crippen LogP) is 2.35. The Kier molecular flexibility index (Phi) is 5.13. The number of hydrogen-bond donors (Lipinski definition) is 2. The van der Waals surface area contributed by atoms with E-state index in [1.54, 1.807) is 48.5 Å². The summed E-state index contributed by atoms with van der Waals surface area (Å²) in [4.78, 5) is 11.7. The molecular weight excluding hydrogens is 304 g/mol. The van der Waals surface area contributed by atoms with Crippen LogP contribution in [0.1, 0.15) is 5.56 Å². The third kappa shape index (κ3) is 5.55. The molecule has 116 valence electrons. The Morgan fingerprint density at radius 1 is 1.05 bits per heavy atom. The van der Waals surface area contributed by atoms with Gasteiger partial charge in [-0.05, 0) is 29.8 Å². The molecule has 0 radical (unpaired) electrons. The van der Waals surface area contributed by atoms with E-state index in [9.17, 15) is 13.2 Å². The molecule has 0 saturated heterocycles. The van der Waals surface area contributed by atoms with Crippen LogP contribution < -0.4 is 14.8 Å². The zero-order valence-electron chi connectivity index (χ0n) is 11.9. The maximum Gasteiger partial charge on any atom is 0.417 e. The molecule has 1 amide bonds. The van der Waals surface area contributed by atoms with Gasteiger partial charge in [-0.2, -0.15) is 0 Å². The maximum absolute atomic E-state index is 11.7. The van der Waals surface area contributed by atoms with Crippen molar-refractivity contribution in [1.29, 1.82) is 0 Å². The van der Waals surface area contributed by atoms with Crippen molar-refractivity contribution in [2.24, 2.45) is 0 Å². The Morgan fingerprint density at radius 3 is 2.27 bits per heavy atom. The van der Waals surface area contributed by atoms with Crippen LogP contribution in [0.3, 0.4) is 0 Å². The van der Waals surface area contributed by atoms with Crippen LogP contribution in [0.25, 0.3) is 0 Å². The summed E-state index contributed by atoms with van der Waals surface area (Å²) in [5, 5.41) is 2.59. The zero-order chi connectivity index (χ0) is 16.0. The van der Waals surface area contributed by atoms with Crippen molar-refractivity contribution in [3.05, 3.63) is 60.2 Å². The van der Waals surface area contributed by atoms with Crippen LogP contribution >= 0.6 is 0 Å². The van der Waals surface area contributed by atoms with Gasteiger partial charge in [0.15, 0.2) is 0 Å². The molecule has 0 aromatic heterocycles. The number of ether oxygens (including phenoxy) is 1. The highest BCUT2D eigenvalue weighted by Gasteiger charge is 2.05. The second-order valence-corrected chi connectivity index (χ2v) is 6.45. The molecular formula is C15H16N2O4S. The van der Waals surface area contributed by atoms with E-state index in [2.05, 4.69) is 10.0 Å². The molecule has 22 heavy (non-hydrogen) atoms. The molecule has 0 atom stereocenters. The van der Waals surface area contributed by atoms with Crippen molar-refractivity contribution in [3.63, 3.8) is 0 Å². The highest BCUT2D eigenvalue weighted by Crippen LogP contribution is 2.12. The third-order valence-corrected chi connectivity index (χ3v) is 3.36. The summed E-state index contributed by atoms with van der Waals surface area (Å²) >= 11 is 0. The fourth-order valence-electron chi connectivity index (χ4n) is 1.66. The first-order valence-corrected chi connectivity index (χ1v) is 8.39. The van der Waals surface area contributed by atoms with E-state index in [0.29, 0.717) is 11.4 Å². The van der Waals surface area contributed by atoms with Crippen LogP contribution in [0.4, 0.5) is 10.5 Å². The van der Waals surface area contributed by atoms with Crippen LogP contribution in [0.15, 0.2) is 54.6 Å². The normalized spacial score (nSPS) is 11.0. The molecule has 0 aliphatic heterocycles. The summed E-state index contributed by atoms with van der Waals surface area (Å²) in [5.41, 5.74) is 1.34. The third-order valence-electron chi connectivity index (χ3n) is 2.69. The smallest absolute Gasteiger partial charge is 0.410 e. The molecule has 0 fully saturated rings. The van der Waals surface area contributed by atoms with Crippen LogP contribution in [0.2, 0.25) is 0 Å². The van der Waals surface area contributed by atoms with Crippen molar-refractivity contribution < 1.29 is 17.9 Å². The molecule has 2 aromatic rings. The highest BCUT2D eigenvalue weighted by molar-refractivity contribution is 7.88. The van der Waals surface area contributed by atoms with E-state index in [4.69, 9.17) is 4.74 Å². The van der Waals surface area contributed by atoms with Gasteiger partial charge in [0.25, 0.3) is 0 Å². The summed E-state index contributed by atoms with van der Waals surface area (Å²) in [7, 11) is -3.23. The second kappa shape index (κ2) is 7.06. The van der Waals surface area contributed by atoms with E-state index in [1.165, 1.54) is 0 Å². The standard InChI is InChI=1S/C15H16N2O4S/c1-22(19,20)16-11-12-7-9-13(10-8-12)17-15(18)21-14-5-3-2-4-6-14/h2-10,16H,11H2,1H3,(H,17,18). The molecule has 0 saturated carbocycles. The molecule has 7 heteroatoms. The number of hydrogen-bond acceptors (Lipinski definition) is 4. The topological polar surface area (TPSA) is 84.5 Å². The van der Waals surface area contributed by atoms with E-state index in [0.717, 1.165) is 11.8 Å². The number of carbonyl (C=O) groups excluding carboxylic acids is 1. The Bertz CT molecular complexity index is 728. The Morgan fingerprint density at radius 2 is 1.68 bits per heavy atom. The second-order valence-electron chi connectivity index (χ2n) is 4.62. The summed E-state index contributed by atoms with van der Waals surface area (Å²) < 4.78 is 29.5. The van der Waals surface area contributed by atoms with Gasteiger partial charge in [0.2, 0.25) is 10.0 Å². The van der Waals surface area contributed by atoms with Gasteiger partial charge in [0, 0.05) is 12.2 Å². The first kappa shape index (κ1) is 16.0. The number of benzene rings is 2. The number of anilines is 1. The zero-order valence-corrected chi connectivity index (χ0v) is 12.8. The minimum Gasteiger partial charge on any atom is -0.410 e. The number of carbonyl (C=O) groups is 1. The van der Waals surface area contributed by atoms with E-state index in [-0.39, 0.29) is 6.54 Å². The van der Waals surface area contributed by atoms with Gasteiger partial charge in [-0.25, -0.2) is 17.9 Å². The van der Waals surface area contributed by atoms with Crippen LogP contribution in [0.5, 0.6) is 5.75 Å². The van der Waals surface area contributed by atoms with Crippen molar-refractivity contribution in [3.8, 4) is 5.75 Å². The van der Waals surface area contributed by atoms with E-state index in [1.807, 2.05) is 6.07 Å². The average Bonchev–Trinajstić information content (AvgIpc) is 2.47. The first-order chi connectivity index (χ1) is 10.4. The number of nitrogens with one attached hydrogen (secondary N) is 2. The Hall–Kier alpha value is -2.38. The molecule has 2 N–H and O–H groups in total. The van der Waals surface area contributed by atoms with Gasteiger partial charge in [0.05, 0.1) is 6.26 Å². The molecule has 2 aromatic carbocycles. The first-order valence-electron chi connectivity index (χ1n) is 6.50. The fraction of sp³-hybridized carbons (Fsp3) is 0.133. The van der Waals surface area contributed by atoms with Gasteiger partial charge in [0.1, 0.15) is 5.75 Å². The van der Waals surface area contributed by atoms with Crippen molar-refractivity contribution in [1.82, 2.24) is 4.72 Å². The summed E-state index contributed by atoms with van der Waals surface area (Å²) in [6.45, 7) is 0.202. The van der Waals surface area contributed by atoms with E-state index < -0.39 is 16.1 Å². The van der Waals surface area contributed by atoms with Crippen molar-refractivity contribution in [2.75, 3.05) is 11.6 Å². The number of sulfonamides is 1. The number of rotatable bonds is 5. The molecule has 0 aliphatic carbocycles. The summed E-state index contributed by atoms with van der Waals surface area (Å²) in [6.07, 6.45) is 0.510.